The summed E-state index contributed by atoms with van der Waals surface area (Å²) < 4.78 is 0. The van der Waals surface area contributed by atoms with Crippen molar-refractivity contribution in [2.24, 2.45) is 5.92 Å². The molecule has 22 heavy (non-hydrogen) atoms. The van der Waals surface area contributed by atoms with Crippen LogP contribution < -0.4 is 10.6 Å². The maximum absolute atomic E-state index is 12.1. The second kappa shape index (κ2) is 8.92. The third-order valence-corrected chi connectivity index (χ3v) is 3.96. The quantitative estimate of drug-likeness (QED) is 0.633. The summed E-state index contributed by atoms with van der Waals surface area (Å²) in [6.07, 6.45) is 3.17. The van der Waals surface area contributed by atoms with E-state index in [0.717, 1.165) is 32.4 Å². The van der Waals surface area contributed by atoms with Gasteiger partial charge in [-0.25, -0.2) is 0 Å². The summed E-state index contributed by atoms with van der Waals surface area (Å²) in [5.41, 5.74) is -0.328. The molecular weight excluding hydrogens is 329 g/mol. The highest BCUT2D eigenvalue weighted by Crippen LogP contribution is 2.28. The molecule has 2 N–H and O–H groups in total. The number of carbonyl (C=O) groups excluding carboxylic acids is 1. The number of nitrogens with one attached hydrogen (secondary N) is 2. The molecule has 0 saturated carbocycles. The average molecular weight is 348 g/mol. The van der Waals surface area contributed by atoms with E-state index in [-0.39, 0.29) is 28.7 Å². The Bertz CT molecular complexity index is 534. The van der Waals surface area contributed by atoms with Gasteiger partial charge in [-0.3, -0.25) is 14.9 Å². The molecular formula is C14H19Cl2N3O3. The average Bonchev–Trinajstić information content (AvgIpc) is 2.47. The Labute approximate surface area is 140 Å². The van der Waals surface area contributed by atoms with Crippen molar-refractivity contribution in [2.45, 2.75) is 19.3 Å². The Hall–Kier alpha value is -1.37. The van der Waals surface area contributed by atoms with Crippen LogP contribution in [-0.2, 0) is 0 Å². The maximum Gasteiger partial charge on any atom is 0.300 e. The molecule has 0 aliphatic carbocycles. The Morgan fingerprint density at radius 3 is 2.91 bits per heavy atom. The van der Waals surface area contributed by atoms with Crippen LogP contribution in [0.15, 0.2) is 18.2 Å². The van der Waals surface area contributed by atoms with Crippen LogP contribution in [0.25, 0.3) is 0 Å². The molecule has 0 aromatic heterocycles. The number of amides is 1. The van der Waals surface area contributed by atoms with Gasteiger partial charge < -0.3 is 10.6 Å². The van der Waals surface area contributed by atoms with Gasteiger partial charge in [0, 0.05) is 6.54 Å². The molecule has 1 unspecified atom stereocenters. The molecule has 1 fully saturated rings. The number of nitrogens with zero attached hydrogens (tertiary/aromatic N) is 1. The fraction of sp³-hybridized carbons (Fsp3) is 0.500. The molecule has 1 aromatic carbocycles. The van der Waals surface area contributed by atoms with Crippen molar-refractivity contribution in [1.82, 2.24) is 10.6 Å². The van der Waals surface area contributed by atoms with E-state index in [1.54, 1.807) is 0 Å². The smallest absolute Gasteiger partial charge is 0.300 e. The second-order valence-corrected chi connectivity index (χ2v) is 5.56. The zero-order valence-electron chi connectivity index (χ0n) is 12.0. The molecule has 1 aliphatic rings. The van der Waals surface area contributed by atoms with E-state index in [9.17, 15) is 14.9 Å². The van der Waals surface area contributed by atoms with Gasteiger partial charge in [0.25, 0.3) is 5.91 Å². The van der Waals surface area contributed by atoms with Crippen molar-refractivity contribution in [1.29, 1.82) is 0 Å². The third kappa shape index (κ3) is 4.83. The molecule has 1 aliphatic heterocycles. The predicted molar refractivity (Wildman–Crippen MR) is 87.9 cm³/mol. The highest BCUT2D eigenvalue weighted by atomic mass is 35.5. The molecule has 1 aromatic rings. The molecule has 6 nitrogen and oxygen atoms in total. The molecule has 1 amide bonds. The number of hydrogen-bond donors (Lipinski definition) is 2. The number of para-hydroxylation sites is 1. The molecule has 2 rings (SSSR count). The van der Waals surface area contributed by atoms with E-state index in [1.807, 2.05) is 0 Å². The first-order valence-electron chi connectivity index (χ1n) is 7.01. The summed E-state index contributed by atoms with van der Waals surface area (Å²) in [6, 6.07) is 4.36. The molecule has 0 spiro atoms. The van der Waals surface area contributed by atoms with E-state index in [2.05, 4.69) is 10.6 Å². The van der Waals surface area contributed by atoms with E-state index < -0.39 is 10.8 Å². The number of piperidine rings is 1. The van der Waals surface area contributed by atoms with E-state index in [1.165, 1.54) is 18.2 Å². The van der Waals surface area contributed by atoms with Crippen LogP contribution in [0, 0.1) is 16.0 Å². The number of nitro benzene ring substituents is 1. The van der Waals surface area contributed by atoms with Crippen LogP contribution in [-0.4, -0.2) is 30.5 Å². The van der Waals surface area contributed by atoms with Crippen LogP contribution in [0.5, 0.6) is 0 Å². The van der Waals surface area contributed by atoms with E-state index >= 15 is 0 Å². The number of carbonyl (C=O) groups is 1. The van der Waals surface area contributed by atoms with E-state index in [4.69, 9.17) is 11.6 Å². The highest BCUT2D eigenvalue weighted by Gasteiger charge is 2.23. The van der Waals surface area contributed by atoms with Crippen molar-refractivity contribution >= 4 is 35.6 Å². The first-order valence-corrected chi connectivity index (χ1v) is 7.39. The fourth-order valence-electron chi connectivity index (χ4n) is 2.54. The molecule has 0 bridgehead atoms. The second-order valence-electron chi connectivity index (χ2n) is 5.15. The minimum absolute atomic E-state index is 0. The summed E-state index contributed by atoms with van der Waals surface area (Å²) in [6.45, 7) is 2.53. The lowest BCUT2D eigenvalue weighted by Crippen LogP contribution is -2.33. The van der Waals surface area contributed by atoms with Crippen molar-refractivity contribution in [3.63, 3.8) is 0 Å². The highest BCUT2D eigenvalue weighted by molar-refractivity contribution is 6.33. The SMILES string of the molecule is Cl.O=C(NCCC1CCCNC1)c1cccc(Cl)c1[N+](=O)[O-]. The fourth-order valence-corrected chi connectivity index (χ4v) is 2.78. The molecule has 1 saturated heterocycles. The van der Waals surface area contributed by atoms with Crippen LogP contribution in [0.2, 0.25) is 5.02 Å². The zero-order valence-corrected chi connectivity index (χ0v) is 13.6. The summed E-state index contributed by atoms with van der Waals surface area (Å²) in [5.74, 6) is 0.0985. The van der Waals surface area contributed by atoms with Gasteiger partial charge in [-0.2, -0.15) is 0 Å². The molecule has 1 heterocycles. The van der Waals surface area contributed by atoms with Gasteiger partial charge in [-0.1, -0.05) is 17.7 Å². The van der Waals surface area contributed by atoms with Crippen LogP contribution in [0.3, 0.4) is 0 Å². The number of halogens is 2. The monoisotopic (exact) mass is 347 g/mol. The summed E-state index contributed by atoms with van der Waals surface area (Å²) >= 11 is 5.79. The molecule has 0 radical (unpaired) electrons. The van der Waals surface area contributed by atoms with E-state index in [0.29, 0.717) is 12.5 Å². The molecule has 122 valence electrons. The third-order valence-electron chi connectivity index (χ3n) is 3.65. The summed E-state index contributed by atoms with van der Waals surface area (Å²) in [4.78, 5) is 22.5. The standard InChI is InChI=1S/C14H18ClN3O3.ClH/c15-12-5-1-4-11(13(12)18(20)21)14(19)17-8-6-10-3-2-7-16-9-10;/h1,4-5,10,16H,2-3,6-9H2,(H,17,19);1H. The van der Waals surface area contributed by atoms with Gasteiger partial charge in [0.1, 0.15) is 10.6 Å². The number of benzene rings is 1. The minimum Gasteiger partial charge on any atom is -0.352 e. The number of hydrogen-bond acceptors (Lipinski definition) is 4. The Kier molecular flexibility index (Phi) is 7.58. The molecule has 1 atom stereocenters. The summed E-state index contributed by atoms with van der Waals surface area (Å²) in [7, 11) is 0. The summed E-state index contributed by atoms with van der Waals surface area (Å²) in [5, 5.41) is 17.0. The van der Waals surface area contributed by atoms with Crippen molar-refractivity contribution in [3.8, 4) is 0 Å². The topological polar surface area (TPSA) is 84.3 Å². The van der Waals surface area contributed by atoms with Crippen molar-refractivity contribution in [2.75, 3.05) is 19.6 Å². The lowest BCUT2D eigenvalue weighted by Gasteiger charge is -2.22. The van der Waals surface area contributed by atoms with Gasteiger partial charge in [0.15, 0.2) is 0 Å². The Morgan fingerprint density at radius 2 is 2.27 bits per heavy atom. The largest absolute Gasteiger partial charge is 0.352 e. The predicted octanol–water partition coefficient (Wildman–Crippen LogP) is 2.79. The lowest BCUT2D eigenvalue weighted by atomic mass is 9.96. The Balaban J connectivity index is 0.00000242. The number of rotatable bonds is 5. The van der Waals surface area contributed by atoms with Crippen molar-refractivity contribution < 1.29 is 9.72 Å². The molecule has 8 heteroatoms. The minimum atomic E-state index is -0.623. The normalized spacial score (nSPS) is 17.4. The van der Waals surface area contributed by atoms with Crippen LogP contribution in [0.4, 0.5) is 5.69 Å². The first-order chi connectivity index (χ1) is 10.1. The van der Waals surface area contributed by atoms with Gasteiger partial charge >= 0.3 is 5.69 Å². The van der Waals surface area contributed by atoms with Gasteiger partial charge in [-0.15, -0.1) is 12.4 Å². The van der Waals surface area contributed by atoms with Gasteiger partial charge in [-0.05, 0) is 50.4 Å². The number of nitro groups is 1. The first kappa shape index (κ1) is 18.7. The van der Waals surface area contributed by atoms with Crippen LogP contribution in [0.1, 0.15) is 29.6 Å². The van der Waals surface area contributed by atoms with Gasteiger partial charge in [0.2, 0.25) is 0 Å². The zero-order chi connectivity index (χ0) is 15.2. The van der Waals surface area contributed by atoms with Crippen molar-refractivity contribution in [3.05, 3.63) is 38.9 Å². The lowest BCUT2D eigenvalue weighted by molar-refractivity contribution is -0.385. The van der Waals surface area contributed by atoms with Gasteiger partial charge in [0.05, 0.1) is 4.92 Å². The Morgan fingerprint density at radius 1 is 1.50 bits per heavy atom. The maximum atomic E-state index is 12.1. The van der Waals surface area contributed by atoms with Crippen LogP contribution >= 0.6 is 24.0 Å².